The third kappa shape index (κ3) is 2.98. The van der Waals surface area contributed by atoms with Crippen molar-refractivity contribution in [2.45, 2.75) is 18.9 Å². The Morgan fingerprint density at radius 3 is 2.53 bits per heavy atom. The van der Waals surface area contributed by atoms with E-state index in [9.17, 15) is 9.90 Å². The van der Waals surface area contributed by atoms with Gasteiger partial charge in [-0.25, -0.2) is 0 Å². The lowest BCUT2D eigenvalue weighted by Crippen LogP contribution is -2.44. The first-order valence-corrected chi connectivity index (χ1v) is 6.53. The maximum Gasteiger partial charge on any atom is 0.253 e. The lowest BCUT2D eigenvalue weighted by atomic mass is 10.0. The second-order valence-corrected chi connectivity index (χ2v) is 5.26. The number of carbonyl (C=O) groups excluding carboxylic acids is 1. The number of phenols is 1. The minimum absolute atomic E-state index is 0.0333. The molecule has 1 heterocycles. The molecule has 0 unspecified atom stereocenters. The summed E-state index contributed by atoms with van der Waals surface area (Å²) in [6.07, 6.45) is 1.97. The summed E-state index contributed by atoms with van der Waals surface area (Å²) in [6, 6.07) is 5.21. The van der Waals surface area contributed by atoms with E-state index in [2.05, 4.69) is 19.0 Å². The lowest BCUT2D eigenvalue weighted by Gasteiger charge is -2.35. The van der Waals surface area contributed by atoms with Crippen LogP contribution in [0.4, 0.5) is 5.69 Å². The van der Waals surface area contributed by atoms with Crippen molar-refractivity contribution in [2.24, 2.45) is 0 Å². The van der Waals surface area contributed by atoms with E-state index in [-0.39, 0.29) is 11.7 Å². The van der Waals surface area contributed by atoms with Crippen LogP contribution in [0.25, 0.3) is 0 Å². The van der Waals surface area contributed by atoms with Gasteiger partial charge in [-0.2, -0.15) is 0 Å². The van der Waals surface area contributed by atoms with Crippen LogP contribution < -0.4 is 5.73 Å². The Kier molecular flexibility index (Phi) is 3.95. The van der Waals surface area contributed by atoms with E-state index in [1.165, 1.54) is 6.07 Å². The average molecular weight is 263 g/mol. The molecule has 1 aliphatic heterocycles. The molecule has 1 amide bonds. The lowest BCUT2D eigenvalue weighted by molar-refractivity contribution is 0.0663. The van der Waals surface area contributed by atoms with Crippen molar-refractivity contribution in [2.75, 3.05) is 32.9 Å². The van der Waals surface area contributed by atoms with E-state index in [1.54, 1.807) is 12.1 Å². The molecule has 1 aromatic carbocycles. The van der Waals surface area contributed by atoms with Gasteiger partial charge in [0.1, 0.15) is 5.75 Å². The van der Waals surface area contributed by atoms with Gasteiger partial charge in [-0.15, -0.1) is 0 Å². The molecule has 0 atom stereocenters. The number of likely N-dealkylation sites (tertiary alicyclic amines) is 1. The zero-order chi connectivity index (χ0) is 14.0. The average Bonchev–Trinajstić information content (AvgIpc) is 2.41. The van der Waals surface area contributed by atoms with E-state index in [4.69, 9.17) is 5.73 Å². The van der Waals surface area contributed by atoms with Crippen LogP contribution in [0.15, 0.2) is 18.2 Å². The minimum atomic E-state index is -0.0347. The van der Waals surface area contributed by atoms with E-state index >= 15 is 0 Å². The van der Waals surface area contributed by atoms with E-state index in [1.807, 2.05) is 4.90 Å². The Bertz CT molecular complexity index is 466. The third-order valence-electron chi connectivity index (χ3n) is 3.76. The van der Waals surface area contributed by atoms with Crippen molar-refractivity contribution in [3.05, 3.63) is 23.8 Å². The zero-order valence-corrected chi connectivity index (χ0v) is 11.5. The number of hydrogen-bond donors (Lipinski definition) is 2. The maximum absolute atomic E-state index is 12.3. The SMILES string of the molecule is CN(C)C1CCN(C(=O)c2ccc(N)c(O)c2)CC1. The summed E-state index contributed by atoms with van der Waals surface area (Å²) in [7, 11) is 4.14. The number of piperidine rings is 1. The molecule has 3 N–H and O–H groups in total. The normalized spacial score (nSPS) is 16.9. The smallest absolute Gasteiger partial charge is 0.253 e. The van der Waals surface area contributed by atoms with Crippen molar-refractivity contribution in [1.82, 2.24) is 9.80 Å². The quantitative estimate of drug-likeness (QED) is 0.620. The molecule has 19 heavy (non-hydrogen) atoms. The van der Waals surface area contributed by atoms with Gasteiger partial charge in [-0.3, -0.25) is 4.79 Å². The molecule has 1 fully saturated rings. The molecule has 0 spiro atoms. The second kappa shape index (κ2) is 5.48. The van der Waals surface area contributed by atoms with Crippen LogP contribution in [0.2, 0.25) is 0 Å². The number of aromatic hydroxyl groups is 1. The van der Waals surface area contributed by atoms with Gasteiger partial charge in [0.15, 0.2) is 0 Å². The monoisotopic (exact) mass is 263 g/mol. The number of nitrogen functional groups attached to an aromatic ring is 1. The van der Waals surface area contributed by atoms with E-state index in [0.717, 1.165) is 25.9 Å². The van der Waals surface area contributed by atoms with Crippen LogP contribution in [-0.4, -0.2) is 54.0 Å². The number of phenolic OH excluding ortho intramolecular Hbond substituents is 1. The number of carbonyl (C=O) groups is 1. The number of benzene rings is 1. The highest BCUT2D eigenvalue weighted by atomic mass is 16.3. The number of nitrogens with zero attached hydrogens (tertiary/aromatic N) is 2. The van der Waals surface area contributed by atoms with Gasteiger partial charge in [-0.05, 0) is 45.1 Å². The summed E-state index contributed by atoms with van der Waals surface area (Å²) in [6.45, 7) is 1.51. The first kappa shape index (κ1) is 13.7. The van der Waals surface area contributed by atoms with E-state index in [0.29, 0.717) is 17.3 Å². The zero-order valence-electron chi connectivity index (χ0n) is 11.5. The van der Waals surface area contributed by atoms with Crippen LogP contribution in [-0.2, 0) is 0 Å². The summed E-state index contributed by atoms with van der Waals surface area (Å²) in [5.41, 5.74) is 6.33. The highest BCUT2D eigenvalue weighted by molar-refractivity contribution is 5.95. The molecule has 1 aromatic rings. The highest BCUT2D eigenvalue weighted by Gasteiger charge is 2.24. The van der Waals surface area contributed by atoms with Gasteiger partial charge in [0.05, 0.1) is 5.69 Å². The molecule has 0 aliphatic carbocycles. The predicted molar refractivity (Wildman–Crippen MR) is 75.1 cm³/mol. The molecule has 0 aromatic heterocycles. The van der Waals surface area contributed by atoms with Gasteiger partial charge in [-0.1, -0.05) is 0 Å². The fourth-order valence-electron chi connectivity index (χ4n) is 2.44. The highest BCUT2D eigenvalue weighted by Crippen LogP contribution is 2.23. The van der Waals surface area contributed by atoms with Crippen LogP contribution in [0.1, 0.15) is 23.2 Å². The van der Waals surface area contributed by atoms with Crippen molar-refractivity contribution in [1.29, 1.82) is 0 Å². The molecule has 0 radical (unpaired) electrons. The summed E-state index contributed by atoms with van der Waals surface area (Å²) >= 11 is 0. The Hall–Kier alpha value is -1.75. The molecule has 0 bridgehead atoms. The Morgan fingerprint density at radius 1 is 1.37 bits per heavy atom. The topological polar surface area (TPSA) is 69.8 Å². The van der Waals surface area contributed by atoms with Gasteiger partial charge < -0.3 is 20.6 Å². The minimum Gasteiger partial charge on any atom is -0.506 e. The number of rotatable bonds is 2. The molecule has 0 saturated carbocycles. The second-order valence-electron chi connectivity index (χ2n) is 5.26. The van der Waals surface area contributed by atoms with Crippen LogP contribution in [0.3, 0.4) is 0 Å². The largest absolute Gasteiger partial charge is 0.506 e. The van der Waals surface area contributed by atoms with Crippen molar-refractivity contribution >= 4 is 11.6 Å². The first-order valence-electron chi connectivity index (χ1n) is 6.53. The fraction of sp³-hybridized carbons (Fsp3) is 0.500. The molecular weight excluding hydrogens is 242 g/mol. The Morgan fingerprint density at radius 2 is 2.00 bits per heavy atom. The number of hydrogen-bond acceptors (Lipinski definition) is 4. The van der Waals surface area contributed by atoms with Crippen molar-refractivity contribution in [3.63, 3.8) is 0 Å². The Balaban J connectivity index is 2.03. The predicted octanol–water partition coefficient (Wildman–Crippen LogP) is 1.14. The molecule has 5 heteroatoms. The van der Waals surface area contributed by atoms with Crippen molar-refractivity contribution in [3.8, 4) is 5.75 Å². The molecule has 5 nitrogen and oxygen atoms in total. The van der Waals surface area contributed by atoms with E-state index < -0.39 is 0 Å². The molecule has 2 rings (SSSR count). The standard InChI is InChI=1S/C14H21N3O2/c1-16(2)11-5-7-17(8-6-11)14(19)10-3-4-12(15)13(18)9-10/h3-4,9,11,18H,5-8,15H2,1-2H3. The molecular formula is C14H21N3O2. The molecule has 1 saturated heterocycles. The summed E-state index contributed by atoms with van der Waals surface area (Å²) in [4.78, 5) is 16.3. The number of anilines is 1. The number of amides is 1. The van der Waals surface area contributed by atoms with Gasteiger partial charge in [0.25, 0.3) is 5.91 Å². The molecule has 104 valence electrons. The van der Waals surface area contributed by atoms with Crippen molar-refractivity contribution < 1.29 is 9.90 Å². The third-order valence-corrected chi connectivity index (χ3v) is 3.76. The summed E-state index contributed by atoms with van der Waals surface area (Å²) in [5.74, 6) is -0.0680. The molecule has 1 aliphatic rings. The van der Waals surface area contributed by atoms with Crippen LogP contribution in [0, 0.1) is 0 Å². The van der Waals surface area contributed by atoms with Gasteiger partial charge in [0, 0.05) is 24.7 Å². The van der Waals surface area contributed by atoms with Gasteiger partial charge >= 0.3 is 0 Å². The first-order chi connectivity index (χ1) is 8.99. The fourth-order valence-corrected chi connectivity index (χ4v) is 2.44. The summed E-state index contributed by atoms with van der Waals surface area (Å²) < 4.78 is 0. The number of nitrogens with two attached hydrogens (primary N) is 1. The maximum atomic E-state index is 12.3. The van der Waals surface area contributed by atoms with Gasteiger partial charge in [0.2, 0.25) is 0 Å². The Labute approximate surface area is 113 Å². The summed E-state index contributed by atoms with van der Waals surface area (Å²) in [5, 5.41) is 9.56. The van der Waals surface area contributed by atoms with Crippen LogP contribution >= 0.6 is 0 Å². The van der Waals surface area contributed by atoms with Crippen LogP contribution in [0.5, 0.6) is 5.75 Å².